The van der Waals surface area contributed by atoms with Crippen molar-refractivity contribution in [1.29, 1.82) is 0 Å². The van der Waals surface area contributed by atoms with Gasteiger partial charge < -0.3 is 24.8 Å². The number of nitrogens with one attached hydrogen (secondary N) is 2. The lowest BCUT2D eigenvalue weighted by molar-refractivity contribution is 0.234. The molecular formula is C18H21ClN2O4. The largest absolute Gasteiger partial charge is 0.497 e. The highest BCUT2D eigenvalue weighted by atomic mass is 35.5. The Morgan fingerprint density at radius 3 is 2.32 bits per heavy atom. The summed E-state index contributed by atoms with van der Waals surface area (Å²) in [5.41, 5.74) is 2.37. The van der Waals surface area contributed by atoms with Crippen LogP contribution in [0.4, 0.5) is 10.5 Å². The molecule has 0 aliphatic rings. The van der Waals surface area contributed by atoms with Crippen LogP contribution in [-0.4, -0.2) is 27.0 Å². The van der Waals surface area contributed by atoms with E-state index in [2.05, 4.69) is 10.6 Å². The van der Waals surface area contributed by atoms with Gasteiger partial charge in [0.15, 0.2) is 6.73 Å². The third-order valence-electron chi connectivity index (χ3n) is 3.54. The second-order valence-corrected chi connectivity index (χ2v) is 5.73. The van der Waals surface area contributed by atoms with E-state index in [4.69, 9.17) is 25.8 Å². The van der Waals surface area contributed by atoms with Crippen molar-refractivity contribution in [2.24, 2.45) is 0 Å². The van der Waals surface area contributed by atoms with Gasteiger partial charge in [-0.1, -0.05) is 11.6 Å². The van der Waals surface area contributed by atoms with Gasteiger partial charge >= 0.3 is 6.03 Å². The number of hydrogen-bond donors (Lipinski definition) is 2. The van der Waals surface area contributed by atoms with Gasteiger partial charge in [0.25, 0.3) is 0 Å². The Hall–Kier alpha value is -2.60. The summed E-state index contributed by atoms with van der Waals surface area (Å²) in [7, 11) is 3.08. The van der Waals surface area contributed by atoms with Crippen LogP contribution < -0.4 is 24.8 Å². The Labute approximate surface area is 152 Å². The standard InChI is InChI=1S/C18H21ClN2O4/c1-11-7-14(8-12(2)17(11)19)25-10-20-18(22)21-15-6-5-13(23-3)9-16(15)24-4/h5-9H,10H2,1-4H3,(H2,20,21,22). The summed E-state index contributed by atoms with van der Waals surface area (Å²) in [4.78, 5) is 12.0. The fourth-order valence-corrected chi connectivity index (χ4v) is 2.35. The normalized spacial score (nSPS) is 10.1. The van der Waals surface area contributed by atoms with Crippen molar-refractivity contribution in [1.82, 2.24) is 5.32 Å². The number of urea groups is 1. The third kappa shape index (κ3) is 4.93. The van der Waals surface area contributed by atoms with E-state index in [1.54, 1.807) is 25.3 Å². The summed E-state index contributed by atoms with van der Waals surface area (Å²) in [6, 6.07) is 8.34. The number of hydrogen-bond acceptors (Lipinski definition) is 4. The molecule has 2 rings (SSSR count). The fourth-order valence-electron chi connectivity index (χ4n) is 2.24. The molecule has 0 aliphatic heterocycles. The number of ether oxygens (including phenoxy) is 3. The Balaban J connectivity index is 1.91. The molecule has 0 bridgehead atoms. The fraction of sp³-hybridized carbons (Fsp3) is 0.278. The average Bonchev–Trinajstić information content (AvgIpc) is 2.59. The summed E-state index contributed by atoms with van der Waals surface area (Å²) in [6.45, 7) is 3.82. The highest BCUT2D eigenvalue weighted by Crippen LogP contribution is 2.29. The van der Waals surface area contributed by atoms with E-state index >= 15 is 0 Å². The highest BCUT2D eigenvalue weighted by Gasteiger charge is 2.09. The molecule has 0 atom stereocenters. The zero-order valence-electron chi connectivity index (χ0n) is 14.6. The molecule has 25 heavy (non-hydrogen) atoms. The average molecular weight is 365 g/mol. The first-order valence-corrected chi connectivity index (χ1v) is 7.98. The monoisotopic (exact) mass is 364 g/mol. The molecule has 0 heterocycles. The second-order valence-electron chi connectivity index (χ2n) is 5.36. The van der Waals surface area contributed by atoms with Crippen molar-refractivity contribution in [3.05, 3.63) is 46.5 Å². The molecule has 134 valence electrons. The second kappa shape index (κ2) is 8.48. The van der Waals surface area contributed by atoms with Gasteiger partial charge in [0, 0.05) is 11.1 Å². The smallest absolute Gasteiger partial charge is 0.321 e. The zero-order valence-corrected chi connectivity index (χ0v) is 15.4. The first-order chi connectivity index (χ1) is 11.9. The predicted octanol–water partition coefficient (Wildman–Crippen LogP) is 4.13. The van der Waals surface area contributed by atoms with Gasteiger partial charge in [0.1, 0.15) is 17.2 Å². The van der Waals surface area contributed by atoms with E-state index in [9.17, 15) is 4.79 Å². The molecule has 7 heteroatoms. The van der Waals surface area contributed by atoms with E-state index in [-0.39, 0.29) is 6.73 Å². The van der Waals surface area contributed by atoms with Gasteiger partial charge in [0.2, 0.25) is 0 Å². The van der Waals surface area contributed by atoms with Gasteiger partial charge in [-0.3, -0.25) is 0 Å². The Morgan fingerprint density at radius 2 is 1.72 bits per heavy atom. The van der Waals surface area contributed by atoms with Crippen LogP contribution in [0.1, 0.15) is 11.1 Å². The van der Waals surface area contributed by atoms with E-state index in [0.717, 1.165) is 11.1 Å². The van der Waals surface area contributed by atoms with E-state index in [0.29, 0.717) is 28.0 Å². The summed E-state index contributed by atoms with van der Waals surface area (Å²) in [6.07, 6.45) is 0. The van der Waals surface area contributed by atoms with Crippen LogP contribution in [0, 0.1) is 13.8 Å². The minimum Gasteiger partial charge on any atom is -0.497 e. The summed E-state index contributed by atoms with van der Waals surface area (Å²) >= 11 is 6.12. The van der Waals surface area contributed by atoms with Crippen LogP contribution in [0.15, 0.2) is 30.3 Å². The molecule has 0 radical (unpaired) electrons. The Kier molecular flexibility index (Phi) is 6.36. The third-order valence-corrected chi connectivity index (χ3v) is 4.13. The minimum atomic E-state index is -0.411. The molecule has 0 aromatic heterocycles. The van der Waals surface area contributed by atoms with Gasteiger partial charge in [-0.2, -0.15) is 0 Å². The van der Waals surface area contributed by atoms with Crippen LogP contribution in [0.5, 0.6) is 17.2 Å². The van der Waals surface area contributed by atoms with Gasteiger partial charge in [-0.15, -0.1) is 0 Å². The van der Waals surface area contributed by atoms with E-state index < -0.39 is 6.03 Å². The topological polar surface area (TPSA) is 68.8 Å². The SMILES string of the molecule is COc1ccc(NC(=O)NCOc2cc(C)c(Cl)c(C)c2)c(OC)c1. The number of benzene rings is 2. The molecule has 6 nitrogen and oxygen atoms in total. The maximum atomic E-state index is 12.0. The highest BCUT2D eigenvalue weighted by molar-refractivity contribution is 6.32. The molecule has 0 saturated carbocycles. The molecule has 2 N–H and O–H groups in total. The van der Waals surface area contributed by atoms with Crippen molar-refractivity contribution in [2.75, 3.05) is 26.3 Å². The molecule has 0 unspecified atom stereocenters. The summed E-state index contributed by atoms with van der Waals surface area (Å²) < 4.78 is 15.9. The van der Waals surface area contributed by atoms with Crippen molar-refractivity contribution >= 4 is 23.3 Å². The summed E-state index contributed by atoms with van der Waals surface area (Å²) in [5.74, 6) is 1.78. The van der Waals surface area contributed by atoms with Gasteiger partial charge in [-0.25, -0.2) is 4.79 Å². The van der Waals surface area contributed by atoms with Crippen LogP contribution >= 0.6 is 11.6 Å². The van der Waals surface area contributed by atoms with Crippen LogP contribution in [0.2, 0.25) is 5.02 Å². The zero-order chi connectivity index (χ0) is 18.4. The lowest BCUT2D eigenvalue weighted by Gasteiger charge is -2.13. The maximum absolute atomic E-state index is 12.0. The van der Waals surface area contributed by atoms with E-state index in [1.807, 2.05) is 26.0 Å². The molecule has 0 fully saturated rings. The van der Waals surface area contributed by atoms with Crippen molar-refractivity contribution in [2.45, 2.75) is 13.8 Å². The minimum absolute atomic E-state index is 0.0187. The number of halogens is 1. The van der Waals surface area contributed by atoms with Crippen molar-refractivity contribution < 1.29 is 19.0 Å². The van der Waals surface area contributed by atoms with Crippen LogP contribution in [0.25, 0.3) is 0 Å². The molecule has 0 aliphatic carbocycles. The van der Waals surface area contributed by atoms with E-state index in [1.165, 1.54) is 7.11 Å². The van der Waals surface area contributed by atoms with Crippen LogP contribution in [-0.2, 0) is 0 Å². The lowest BCUT2D eigenvalue weighted by atomic mass is 10.1. The predicted molar refractivity (Wildman–Crippen MR) is 98.1 cm³/mol. The van der Waals surface area contributed by atoms with Gasteiger partial charge in [-0.05, 0) is 49.2 Å². The first kappa shape index (κ1) is 18.7. The lowest BCUT2D eigenvalue weighted by Crippen LogP contribution is -2.32. The Morgan fingerprint density at radius 1 is 1.04 bits per heavy atom. The van der Waals surface area contributed by atoms with Gasteiger partial charge in [0.05, 0.1) is 19.9 Å². The van der Waals surface area contributed by atoms with Crippen molar-refractivity contribution in [3.63, 3.8) is 0 Å². The number of carbonyl (C=O) groups is 1. The quantitative estimate of drug-likeness (QED) is 0.756. The number of amides is 2. The maximum Gasteiger partial charge on any atom is 0.321 e. The van der Waals surface area contributed by atoms with Crippen molar-refractivity contribution in [3.8, 4) is 17.2 Å². The molecule has 2 aromatic carbocycles. The van der Waals surface area contributed by atoms with Crippen LogP contribution in [0.3, 0.4) is 0 Å². The number of methoxy groups -OCH3 is 2. The number of anilines is 1. The molecule has 2 aromatic rings. The summed E-state index contributed by atoms with van der Waals surface area (Å²) in [5, 5.41) is 6.03. The first-order valence-electron chi connectivity index (χ1n) is 7.61. The Bertz CT molecular complexity index is 742. The number of aryl methyl sites for hydroxylation is 2. The molecule has 2 amide bonds. The molecular weight excluding hydrogens is 344 g/mol. The number of rotatable bonds is 6. The molecule has 0 spiro atoms. The number of carbonyl (C=O) groups excluding carboxylic acids is 1. The molecule has 0 saturated heterocycles.